The Kier molecular flexibility index (Phi) is 5.27. The van der Waals surface area contributed by atoms with Gasteiger partial charge >= 0.3 is 0 Å². The molecule has 2 aliphatic rings. The van der Waals surface area contributed by atoms with Crippen LogP contribution in [0.15, 0.2) is 5.38 Å². The topological polar surface area (TPSA) is 31.4 Å². The van der Waals surface area contributed by atoms with Crippen LogP contribution in [0.1, 0.15) is 43.3 Å². The second-order valence-electron chi connectivity index (χ2n) is 6.54. The molecular weight excluding hydrogens is 280 g/mol. The lowest BCUT2D eigenvalue weighted by Crippen LogP contribution is -2.39. The average Bonchev–Trinajstić information content (AvgIpc) is 3.23. The van der Waals surface area contributed by atoms with Gasteiger partial charge in [-0.3, -0.25) is 4.90 Å². The Hall–Kier alpha value is -0.490. The van der Waals surface area contributed by atoms with E-state index in [-0.39, 0.29) is 0 Å². The lowest BCUT2D eigenvalue weighted by molar-refractivity contribution is 0.174. The second kappa shape index (κ2) is 7.18. The maximum atomic E-state index is 4.82. The van der Waals surface area contributed by atoms with Gasteiger partial charge in [-0.15, -0.1) is 11.3 Å². The summed E-state index contributed by atoms with van der Waals surface area (Å²) in [6, 6.07) is 1.44. The highest BCUT2D eigenvalue weighted by Gasteiger charge is 2.23. The summed E-state index contributed by atoms with van der Waals surface area (Å²) in [6.07, 6.45) is 5.19. The molecule has 2 fully saturated rings. The summed E-state index contributed by atoms with van der Waals surface area (Å²) in [6.45, 7) is 7.90. The lowest BCUT2D eigenvalue weighted by Gasteiger charge is -2.29. The van der Waals surface area contributed by atoms with Gasteiger partial charge in [0.25, 0.3) is 0 Å². The first-order valence-corrected chi connectivity index (χ1v) is 9.22. The van der Waals surface area contributed by atoms with E-state index in [0.717, 1.165) is 19.1 Å². The van der Waals surface area contributed by atoms with Crippen molar-refractivity contribution in [1.29, 1.82) is 0 Å². The van der Waals surface area contributed by atoms with Gasteiger partial charge in [-0.2, -0.15) is 0 Å². The van der Waals surface area contributed by atoms with Crippen LogP contribution in [0.25, 0.3) is 0 Å². The number of hydrogen-bond donors (Lipinski definition) is 1. The van der Waals surface area contributed by atoms with Gasteiger partial charge in [0.05, 0.1) is 5.69 Å². The molecule has 0 bridgehead atoms. The Morgan fingerprint density at radius 1 is 1.38 bits per heavy atom. The third-order valence-electron chi connectivity index (χ3n) is 4.58. The van der Waals surface area contributed by atoms with Gasteiger partial charge < -0.3 is 10.2 Å². The van der Waals surface area contributed by atoms with Crippen molar-refractivity contribution in [3.05, 3.63) is 16.1 Å². The van der Waals surface area contributed by atoms with Crippen LogP contribution in [0.3, 0.4) is 0 Å². The fourth-order valence-corrected chi connectivity index (χ4v) is 3.85. The standard InChI is InChI=1S/C16H28N4S/c1-3-15-11-19(2)7-4-8-20(15)10-14-12-21-16(18-14)9-17-13-5-6-13/h12-13,15,17H,3-11H2,1-2H3. The van der Waals surface area contributed by atoms with Crippen molar-refractivity contribution >= 4 is 11.3 Å². The zero-order valence-corrected chi connectivity index (χ0v) is 14.2. The largest absolute Gasteiger partial charge is 0.308 e. The fourth-order valence-electron chi connectivity index (χ4n) is 3.12. The average molecular weight is 308 g/mol. The fraction of sp³-hybridized carbons (Fsp3) is 0.812. The molecule has 4 nitrogen and oxygen atoms in total. The first-order valence-electron chi connectivity index (χ1n) is 8.34. The minimum absolute atomic E-state index is 0.673. The number of rotatable bonds is 6. The van der Waals surface area contributed by atoms with Gasteiger partial charge in [-0.1, -0.05) is 6.92 Å². The molecule has 1 aromatic heterocycles. The minimum Gasteiger partial charge on any atom is -0.308 e. The highest BCUT2D eigenvalue weighted by molar-refractivity contribution is 7.09. The SMILES string of the molecule is CCC1CN(C)CCCN1Cc1csc(CNC2CC2)n1. The quantitative estimate of drug-likeness (QED) is 0.874. The molecule has 5 heteroatoms. The van der Waals surface area contributed by atoms with Crippen LogP contribution in [0.4, 0.5) is 0 Å². The summed E-state index contributed by atoms with van der Waals surface area (Å²) in [7, 11) is 2.25. The monoisotopic (exact) mass is 308 g/mol. The zero-order chi connectivity index (χ0) is 14.7. The second-order valence-corrected chi connectivity index (χ2v) is 7.48. The van der Waals surface area contributed by atoms with Crippen molar-refractivity contribution in [2.45, 2.75) is 57.8 Å². The number of aromatic nitrogens is 1. The van der Waals surface area contributed by atoms with Crippen molar-refractivity contribution in [3.63, 3.8) is 0 Å². The molecule has 1 aliphatic heterocycles. The van der Waals surface area contributed by atoms with E-state index >= 15 is 0 Å². The first kappa shape index (κ1) is 15.4. The van der Waals surface area contributed by atoms with Crippen LogP contribution >= 0.6 is 11.3 Å². The molecule has 21 heavy (non-hydrogen) atoms. The molecule has 1 atom stereocenters. The van der Waals surface area contributed by atoms with Crippen molar-refractivity contribution in [2.75, 3.05) is 26.7 Å². The molecule has 1 aromatic rings. The Bertz CT molecular complexity index is 443. The smallest absolute Gasteiger partial charge is 0.107 e. The van der Waals surface area contributed by atoms with Crippen LogP contribution in [0, 0.1) is 0 Å². The summed E-state index contributed by atoms with van der Waals surface area (Å²) in [4.78, 5) is 9.93. The molecule has 1 aliphatic carbocycles. The van der Waals surface area contributed by atoms with Crippen molar-refractivity contribution in [3.8, 4) is 0 Å². The maximum absolute atomic E-state index is 4.82. The van der Waals surface area contributed by atoms with Gasteiger partial charge in [0.2, 0.25) is 0 Å². The minimum atomic E-state index is 0.673. The molecule has 3 rings (SSSR count). The highest BCUT2D eigenvalue weighted by Crippen LogP contribution is 2.21. The van der Waals surface area contributed by atoms with Crippen LogP contribution < -0.4 is 5.32 Å². The zero-order valence-electron chi connectivity index (χ0n) is 13.3. The van der Waals surface area contributed by atoms with Gasteiger partial charge in [0.15, 0.2) is 0 Å². The highest BCUT2D eigenvalue weighted by atomic mass is 32.1. The molecule has 0 amide bonds. The molecule has 1 N–H and O–H groups in total. The predicted octanol–water partition coefficient (Wildman–Crippen LogP) is 2.31. The molecule has 0 radical (unpaired) electrons. The van der Waals surface area contributed by atoms with Gasteiger partial charge in [-0.05, 0) is 39.3 Å². The van der Waals surface area contributed by atoms with Gasteiger partial charge in [0.1, 0.15) is 5.01 Å². The number of nitrogens with zero attached hydrogens (tertiary/aromatic N) is 3. The van der Waals surface area contributed by atoms with E-state index in [0.29, 0.717) is 6.04 Å². The van der Waals surface area contributed by atoms with E-state index in [4.69, 9.17) is 4.98 Å². The molecule has 1 saturated heterocycles. The van der Waals surface area contributed by atoms with Crippen LogP contribution in [0.5, 0.6) is 0 Å². The molecule has 1 unspecified atom stereocenters. The number of hydrogen-bond acceptors (Lipinski definition) is 5. The van der Waals surface area contributed by atoms with Crippen molar-refractivity contribution in [2.24, 2.45) is 0 Å². The van der Waals surface area contributed by atoms with Crippen molar-refractivity contribution in [1.82, 2.24) is 20.1 Å². The van der Waals surface area contributed by atoms with E-state index < -0.39 is 0 Å². The lowest BCUT2D eigenvalue weighted by atomic mass is 10.2. The molecule has 0 spiro atoms. The molecular formula is C16H28N4S. The third-order valence-corrected chi connectivity index (χ3v) is 5.48. The van der Waals surface area contributed by atoms with Crippen LogP contribution in [-0.4, -0.2) is 53.5 Å². The molecule has 1 saturated carbocycles. The summed E-state index contributed by atoms with van der Waals surface area (Å²) < 4.78 is 0. The van der Waals surface area contributed by atoms with E-state index in [1.165, 1.54) is 56.0 Å². The molecule has 2 heterocycles. The summed E-state index contributed by atoms with van der Waals surface area (Å²) in [5.41, 5.74) is 1.26. The molecule has 118 valence electrons. The summed E-state index contributed by atoms with van der Waals surface area (Å²) in [5, 5.41) is 7.06. The molecule has 0 aromatic carbocycles. The number of nitrogens with one attached hydrogen (secondary N) is 1. The van der Waals surface area contributed by atoms with Gasteiger partial charge in [0, 0.05) is 43.6 Å². The van der Waals surface area contributed by atoms with E-state index in [2.05, 4.69) is 34.5 Å². The predicted molar refractivity (Wildman–Crippen MR) is 88.6 cm³/mol. The number of thiazole rings is 1. The Labute approximate surface area is 132 Å². The summed E-state index contributed by atoms with van der Waals surface area (Å²) in [5.74, 6) is 0. The van der Waals surface area contributed by atoms with E-state index in [1.807, 2.05) is 11.3 Å². The van der Waals surface area contributed by atoms with E-state index in [9.17, 15) is 0 Å². The Balaban J connectivity index is 1.55. The summed E-state index contributed by atoms with van der Waals surface area (Å²) >= 11 is 1.81. The Morgan fingerprint density at radius 2 is 2.24 bits per heavy atom. The maximum Gasteiger partial charge on any atom is 0.107 e. The van der Waals surface area contributed by atoms with Crippen molar-refractivity contribution < 1.29 is 0 Å². The first-order chi connectivity index (χ1) is 10.2. The van der Waals surface area contributed by atoms with Crippen LogP contribution in [-0.2, 0) is 13.1 Å². The third kappa shape index (κ3) is 4.49. The van der Waals surface area contributed by atoms with Gasteiger partial charge in [-0.25, -0.2) is 4.98 Å². The Morgan fingerprint density at radius 3 is 3.00 bits per heavy atom. The number of likely N-dealkylation sites (N-methyl/N-ethyl adjacent to an activating group) is 1. The van der Waals surface area contributed by atoms with E-state index in [1.54, 1.807) is 0 Å². The normalized spacial score (nSPS) is 25.1. The van der Waals surface area contributed by atoms with Crippen LogP contribution in [0.2, 0.25) is 0 Å².